The van der Waals surface area contributed by atoms with Gasteiger partial charge in [0, 0.05) is 50.9 Å². The normalized spacial score (nSPS) is 15.2. The second kappa shape index (κ2) is 11.8. The molecule has 0 spiro atoms. The summed E-state index contributed by atoms with van der Waals surface area (Å²) in [5, 5.41) is 4.94. The molecule has 1 aromatic heterocycles. The van der Waals surface area contributed by atoms with E-state index in [-0.39, 0.29) is 12.4 Å². The van der Waals surface area contributed by atoms with E-state index in [1.54, 1.807) is 40.7 Å². The standard InChI is InChI=1S/C28H38FN5O2S/c1-5-16-33(37(35,36)25-10-8-7-9-11-25)21-26-27(6-2)30-34(24-14-12-23(29)13-15-24)28(26)32-19-17-31(18-20-32)22(3)4/h7-15,22H,5-6,16-21H2,1-4H3. The number of aryl methyl sites for hydroxylation is 1. The number of anilines is 1. The van der Waals surface area contributed by atoms with Crippen LogP contribution in [0.4, 0.5) is 10.2 Å². The van der Waals surface area contributed by atoms with Gasteiger partial charge < -0.3 is 4.90 Å². The molecule has 1 aliphatic heterocycles. The Labute approximate surface area is 220 Å². The molecule has 4 rings (SSSR count). The topological polar surface area (TPSA) is 61.7 Å². The fourth-order valence-corrected chi connectivity index (χ4v) is 6.44. The lowest BCUT2D eigenvalue weighted by atomic mass is 10.1. The van der Waals surface area contributed by atoms with Crippen LogP contribution in [-0.4, -0.2) is 66.2 Å². The zero-order valence-electron chi connectivity index (χ0n) is 22.3. The average molecular weight is 528 g/mol. The molecule has 0 aliphatic carbocycles. The molecule has 9 heteroatoms. The highest BCUT2D eigenvalue weighted by Crippen LogP contribution is 2.32. The third kappa shape index (κ3) is 5.89. The van der Waals surface area contributed by atoms with Crippen LogP contribution in [0.5, 0.6) is 0 Å². The Hall–Kier alpha value is -2.75. The largest absolute Gasteiger partial charge is 0.354 e. The van der Waals surface area contributed by atoms with E-state index in [4.69, 9.17) is 5.10 Å². The number of benzene rings is 2. The molecule has 2 heterocycles. The van der Waals surface area contributed by atoms with Gasteiger partial charge in [0.15, 0.2) is 0 Å². The van der Waals surface area contributed by atoms with Crippen LogP contribution >= 0.6 is 0 Å². The highest BCUT2D eigenvalue weighted by molar-refractivity contribution is 7.89. The van der Waals surface area contributed by atoms with Crippen molar-refractivity contribution < 1.29 is 12.8 Å². The molecule has 1 saturated heterocycles. The SMILES string of the molecule is CCCN(Cc1c(CC)nn(-c2ccc(F)cc2)c1N1CCN(C(C)C)CC1)S(=O)(=O)c1ccccc1. The van der Waals surface area contributed by atoms with Gasteiger partial charge in [0.1, 0.15) is 11.6 Å². The third-order valence-electron chi connectivity index (χ3n) is 6.98. The number of halogens is 1. The van der Waals surface area contributed by atoms with Gasteiger partial charge in [-0.2, -0.15) is 9.40 Å². The molecule has 7 nitrogen and oxygen atoms in total. The first-order valence-electron chi connectivity index (χ1n) is 13.2. The van der Waals surface area contributed by atoms with Gasteiger partial charge in [-0.15, -0.1) is 0 Å². The molecular weight excluding hydrogens is 489 g/mol. The van der Waals surface area contributed by atoms with Crippen LogP contribution in [0.25, 0.3) is 5.69 Å². The van der Waals surface area contributed by atoms with Crippen LogP contribution in [0.15, 0.2) is 59.5 Å². The van der Waals surface area contributed by atoms with Crippen LogP contribution in [0, 0.1) is 5.82 Å². The van der Waals surface area contributed by atoms with Crippen molar-refractivity contribution in [3.63, 3.8) is 0 Å². The van der Waals surface area contributed by atoms with E-state index >= 15 is 0 Å². The Bertz CT molecular complexity index is 1270. The summed E-state index contributed by atoms with van der Waals surface area (Å²) in [6, 6.07) is 15.4. The van der Waals surface area contributed by atoms with Crippen molar-refractivity contribution in [3.05, 3.63) is 71.7 Å². The van der Waals surface area contributed by atoms with Gasteiger partial charge >= 0.3 is 0 Å². The Balaban J connectivity index is 1.80. The number of nitrogens with zero attached hydrogens (tertiary/aromatic N) is 5. The first kappa shape index (κ1) is 27.3. The van der Waals surface area contributed by atoms with Crippen molar-refractivity contribution in [2.75, 3.05) is 37.6 Å². The van der Waals surface area contributed by atoms with Gasteiger partial charge in [-0.05, 0) is 63.1 Å². The Morgan fingerprint density at radius 3 is 2.19 bits per heavy atom. The quantitative estimate of drug-likeness (QED) is 0.382. The van der Waals surface area contributed by atoms with Gasteiger partial charge in [-0.3, -0.25) is 4.90 Å². The van der Waals surface area contributed by atoms with Gasteiger partial charge in [0.05, 0.1) is 16.3 Å². The van der Waals surface area contributed by atoms with E-state index in [0.29, 0.717) is 30.3 Å². The number of piperazine rings is 1. The minimum absolute atomic E-state index is 0.231. The highest BCUT2D eigenvalue weighted by Gasteiger charge is 2.31. The zero-order chi connectivity index (χ0) is 26.6. The summed E-state index contributed by atoms with van der Waals surface area (Å²) in [6.07, 6.45) is 1.36. The molecule has 0 N–H and O–H groups in total. The van der Waals surface area contributed by atoms with Gasteiger partial charge in [0.25, 0.3) is 0 Å². The molecule has 0 atom stereocenters. The molecular formula is C28H38FN5O2S. The van der Waals surface area contributed by atoms with Crippen molar-refractivity contribution in [1.82, 2.24) is 19.0 Å². The molecule has 1 aliphatic rings. The molecule has 37 heavy (non-hydrogen) atoms. The molecule has 0 saturated carbocycles. The summed E-state index contributed by atoms with van der Waals surface area (Å²) in [5.41, 5.74) is 2.53. The van der Waals surface area contributed by atoms with Crippen LogP contribution in [0.1, 0.15) is 45.4 Å². The summed E-state index contributed by atoms with van der Waals surface area (Å²) in [7, 11) is -3.69. The predicted octanol–water partition coefficient (Wildman–Crippen LogP) is 4.71. The lowest BCUT2D eigenvalue weighted by Crippen LogP contribution is -2.49. The highest BCUT2D eigenvalue weighted by atomic mass is 32.2. The number of sulfonamides is 1. The molecule has 0 unspecified atom stereocenters. The third-order valence-corrected chi connectivity index (χ3v) is 8.84. The van der Waals surface area contributed by atoms with Crippen molar-refractivity contribution in [1.29, 1.82) is 0 Å². The van der Waals surface area contributed by atoms with Crippen LogP contribution in [0.3, 0.4) is 0 Å². The van der Waals surface area contributed by atoms with Gasteiger partial charge in [-0.1, -0.05) is 32.0 Å². The van der Waals surface area contributed by atoms with Gasteiger partial charge in [0.2, 0.25) is 10.0 Å². The average Bonchev–Trinajstić information content (AvgIpc) is 3.27. The van der Waals surface area contributed by atoms with Crippen molar-refractivity contribution in [3.8, 4) is 5.69 Å². The predicted molar refractivity (Wildman–Crippen MR) is 146 cm³/mol. The summed E-state index contributed by atoms with van der Waals surface area (Å²) in [6.45, 7) is 12.5. The second-order valence-electron chi connectivity index (χ2n) is 9.76. The van der Waals surface area contributed by atoms with E-state index < -0.39 is 10.0 Å². The van der Waals surface area contributed by atoms with E-state index in [2.05, 4.69) is 23.6 Å². The fraction of sp³-hybridized carbons (Fsp3) is 0.464. The van der Waals surface area contributed by atoms with Crippen molar-refractivity contribution in [2.24, 2.45) is 0 Å². The Morgan fingerprint density at radius 1 is 0.973 bits per heavy atom. The molecule has 200 valence electrons. The first-order chi connectivity index (χ1) is 17.8. The van der Waals surface area contributed by atoms with Crippen LogP contribution in [0.2, 0.25) is 0 Å². The number of hydrogen-bond donors (Lipinski definition) is 0. The Morgan fingerprint density at radius 2 is 1.62 bits per heavy atom. The van der Waals surface area contributed by atoms with Crippen LogP contribution in [-0.2, 0) is 23.0 Å². The van der Waals surface area contributed by atoms with E-state index in [1.807, 2.05) is 24.6 Å². The summed E-state index contributed by atoms with van der Waals surface area (Å²) in [5.74, 6) is 0.596. The molecule has 0 bridgehead atoms. The van der Waals surface area contributed by atoms with Crippen molar-refractivity contribution >= 4 is 15.8 Å². The summed E-state index contributed by atoms with van der Waals surface area (Å²) in [4.78, 5) is 5.04. The maximum absolute atomic E-state index is 13.8. The van der Waals surface area contributed by atoms with E-state index in [0.717, 1.165) is 48.9 Å². The second-order valence-corrected chi connectivity index (χ2v) is 11.7. The monoisotopic (exact) mass is 527 g/mol. The molecule has 3 aromatic rings. The fourth-order valence-electron chi connectivity index (χ4n) is 4.92. The molecule has 0 amide bonds. The minimum Gasteiger partial charge on any atom is -0.354 e. The maximum atomic E-state index is 13.8. The number of aromatic nitrogens is 2. The van der Waals surface area contributed by atoms with E-state index in [1.165, 1.54) is 12.1 Å². The smallest absolute Gasteiger partial charge is 0.243 e. The Kier molecular flexibility index (Phi) is 8.67. The lowest BCUT2D eigenvalue weighted by molar-refractivity contribution is 0.208. The minimum atomic E-state index is -3.69. The van der Waals surface area contributed by atoms with Gasteiger partial charge in [-0.25, -0.2) is 17.5 Å². The zero-order valence-corrected chi connectivity index (χ0v) is 23.1. The first-order valence-corrected chi connectivity index (χ1v) is 14.6. The van der Waals surface area contributed by atoms with E-state index in [9.17, 15) is 12.8 Å². The molecule has 1 fully saturated rings. The maximum Gasteiger partial charge on any atom is 0.243 e. The molecule has 2 aromatic carbocycles. The van der Waals surface area contributed by atoms with Crippen LogP contribution < -0.4 is 4.90 Å². The summed E-state index contributed by atoms with van der Waals surface area (Å²) >= 11 is 0. The lowest BCUT2D eigenvalue weighted by Gasteiger charge is -2.38. The summed E-state index contributed by atoms with van der Waals surface area (Å²) < 4.78 is 44.6. The number of hydrogen-bond acceptors (Lipinski definition) is 5. The number of rotatable bonds is 10. The molecule has 0 radical (unpaired) electrons. The van der Waals surface area contributed by atoms with Crippen molar-refractivity contribution in [2.45, 2.75) is 58.0 Å².